The monoisotopic (exact) mass is 353 g/mol. The van der Waals surface area contributed by atoms with Crippen LogP contribution in [0.5, 0.6) is 0 Å². The summed E-state index contributed by atoms with van der Waals surface area (Å²) in [4.78, 5) is 10.5. The normalized spacial score (nSPS) is 25.3. The number of benzene rings is 1. The summed E-state index contributed by atoms with van der Waals surface area (Å²) >= 11 is 0. The van der Waals surface area contributed by atoms with Crippen molar-refractivity contribution in [2.75, 3.05) is 7.05 Å². The highest BCUT2D eigenvalue weighted by molar-refractivity contribution is 5.94. The van der Waals surface area contributed by atoms with Gasteiger partial charge in [-0.1, -0.05) is 60.7 Å². The van der Waals surface area contributed by atoms with Crippen LogP contribution in [-0.2, 0) is 11.3 Å². The molecule has 2 aliphatic rings. The van der Waals surface area contributed by atoms with Crippen LogP contribution in [0.3, 0.4) is 0 Å². The van der Waals surface area contributed by atoms with Gasteiger partial charge in [-0.3, -0.25) is 0 Å². The van der Waals surface area contributed by atoms with Crippen molar-refractivity contribution in [2.24, 2.45) is 4.99 Å². The van der Waals surface area contributed by atoms with E-state index in [0.717, 1.165) is 11.3 Å². The van der Waals surface area contributed by atoms with Gasteiger partial charge in [0.05, 0.1) is 5.69 Å². The third-order valence-corrected chi connectivity index (χ3v) is 4.56. The third kappa shape index (κ3) is 2.84. The quantitative estimate of drug-likeness (QED) is 0.847. The Balaban J connectivity index is 1.68. The zero-order valence-electron chi connectivity index (χ0n) is 14.7. The molecule has 0 radical (unpaired) electrons. The fourth-order valence-electron chi connectivity index (χ4n) is 3.25. The lowest BCUT2D eigenvalue weighted by atomic mass is 10.1. The summed E-state index contributed by atoms with van der Waals surface area (Å²) < 4.78 is 15.9. The van der Waals surface area contributed by atoms with Crippen molar-refractivity contribution in [3.8, 4) is 0 Å². The lowest BCUT2D eigenvalue weighted by Crippen LogP contribution is -2.22. The predicted molar refractivity (Wildman–Crippen MR) is 96.2 cm³/mol. The Morgan fingerprint density at radius 2 is 1.92 bits per heavy atom. The minimum absolute atomic E-state index is 0.243. The maximum atomic E-state index is 14.3. The van der Waals surface area contributed by atoms with Crippen molar-refractivity contribution in [1.29, 1.82) is 0 Å². The lowest BCUT2D eigenvalue weighted by Gasteiger charge is -2.19. The molecule has 1 aliphatic carbocycles. The maximum Gasteiger partial charge on any atom is 0.265 e. The number of hydroxylamine groups is 2. The predicted octanol–water partition coefficient (Wildman–Crippen LogP) is 3.17. The van der Waals surface area contributed by atoms with Crippen molar-refractivity contribution in [2.45, 2.75) is 31.7 Å². The van der Waals surface area contributed by atoms with Gasteiger partial charge >= 0.3 is 0 Å². The van der Waals surface area contributed by atoms with Crippen molar-refractivity contribution < 1.29 is 9.23 Å². The SMILES string of the molecule is CCc1c(C2=NC(c3ccccc3)N(C)O2)nnn1C1C=CC=CC1F. The average molecular weight is 353 g/mol. The Bertz CT molecular complexity index is 873. The van der Waals surface area contributed by atoms with Crippen LogP contribution in [0.25, 0.3) is 0 Å². The van der Waals surface area contributed by atoms with Crippen molar-refractivity contribution in [1.82, 2.24) is 20.1 Å². The molecule has 7 heteroatoms. The Kier molecular flexibility index (Phi) is 4.38. The molecule has 0 N–H and O–H groups in total. The zero-order valence-corrected chi connectivity index (χ0v) is 14.7. The molecule has 1 aliphatic heterocycles. The smallest absolute Gasteiger partial charge is 0.265 e. The number of halogens is 1. The molecule has 0 fully saturated rings. The van der Waals surface area contributed by atoms with Gasteiger partial charge in [0.1, 0.15) is 12.2 Å². The molecule has 0 amide bonds. The minimum Gasteiger partial charge on any atom is -0.381 e. The van der Waals surface area contributed by atoms with Crippen LogP contribution in [0.4, 0.5) is 4.39 Å². The molecule has 2 heterocycles. The van der Waals surface area contributed by atoms with E-state index in [2.05, 4.69) is 15.3 Å². The number of nitrogens with zero attached hydrogens (tertiary/aromatic N) is 5. The number of hydrogen-bond acceptors (Lipinski definition) is 5. The molecule has 6 nitrogen and oxygen atoms in total. The molecule has 0 bridgehead atoms. The van der Waals surface area contributed by atoms with E-state index in [1.54, 1.807) is 21.9 Å². The molecule has 1 aromatic carbocycles. The molecule has 3 unspecified atom stereocenters. The number of aliphatic imine (C=N–C) groups is 1. The van der Waals surface area contributed by atoms with Gasteiger partial charge in [-0.15, -0.1) is 10.2 Å². The molecule has 0 spiro atoms. The van der Waals surface area contributed by atoms with Gasteiger partial charge in [0.2, 0.25) is 0 Å². The topological polar surface area (TPSA) is 55.5 Å². The second-order valence-corrected chi connectivity index (χ2v) is 6.24. The highest BCUT2D eigenvalue weighted by Crippen LogP contribution is 2.30. The number of aromatic nitrogens is 3. The van der Waals surface area contributed by atoms with Crippen molar-refractivity contribution in [3.63, 3.8) is 0 Å². The summed E-state index contributed by atoms with van der Waals surface area (Å²) in [5.74, 6) is 0.412. The first kappa shape index (κ1) is 16.7. The van der Waals surface area contributed by atoms with E-state index < -0.39 is 12.2 Å². The van der Waals surface area contributed by atoms with Gasteiger partial charge in [0, 0.05) is 7.05 Å². The van der Waals surface area contributed by atoms with E-state index in [4.69, 9.17) is 4.84 Å². The zero-order chi connectivity index (χ0) is 18.1. The second-order valence-electron chi connectivity index (χ2n) is 6.24. The number of hydrogen-bond donors (Lipinski definition) is 0. The molecule has 1 aromatic heterocycles. The molecule has 3 atom stereocenters. The molecular weight excluding hydrogens is 333 g/mol. The number of rotatable bonds is 4. The van der Waals surface area contributed by atoms with Crippen LogP contribution in [0, 0.1) is 0 Å². The molecule has 4 rings (SSSR count). The molecule has 0 saturated heterocycles. The van der Waals surface area contributed by atoms with Gasteiger partial charge in [-0.25, -0.2) is 14.1 Å². The molecular formula is C19H20FN5O. The van der Waals surface area contributed by atoms with Crippen LogP contribution < -0.4 is 0 Å². The first-order chi connectivity index (χ1) is 12.7. The number of allylic oxidation sites excluding steroid dienone is 4. The number of alkyl halides is 1. The van der Waals surface area contributed by atoms with Crippen LogP contribution in [-0.4, -0.2) is 39.2 Å². The summed E-state index contributed by atoms with van der Waals surface area (Å²) in [6.45, 7) is 1.99. The highest BCUT2D eigenvalue weighted by Gasteiger charge is 2.33. The second kappa shape index (κ2) is 6.84. The van der Waals surface area contributed by atoms with E-state index >= 15 is 0 Å². The van der Waals surface area contributed by atoms with Gasteiger partial charge in [-0.2, -0.15) is 0 Å². The van der Waals surface area contributed by atoms with Gasteiger partial charge in [0.25, 0.3) is 5.90 Å². The summed E-state index contributed by atoms with van der Waals surface area (Å²) in [5, 5.41) is 10.1. The minimum atomic E-state index is -1.13. The fraction of sp³-hybridized carbons (Fsp3) is 0.316. The van der Waals surface area contributed by atoms with Crippen molar-refractivity contribution in [3.05, 3.63) is 71.6 Å². The van der Waals surface area contributed by atoms with Crippen LogP contribution in [0.15, 0.2) is 59.6 Å². The molecule has 26 heavy (non-hydrogen) atoms. The summed E-state index contributed by atoms with van der Waals surface area (Å²) in [6, 6.07) is 9.40. The first-order valence-corrected chi connectivity index (χ1v) is 8.66. The van der Waals surface area contributed by atoms with E-state index in [9.17, 15) is 4.39 Å². The molecule has 2 aromatic rings. The Hall–Kier alpha value is -2.80. The fourth-order valence-corrected chi connectivity index (χ4v) is 3.25. The third-order valence-electron chi connectivity index (χ3n) is 4.56. The van der Waals surface area contributed by atoms with E-state index in [1.807, 2.05) is 50.4 Å². The van der Waals surface area contributed by atoms with Gasteiger partial charge in [-0.05, 0) is 18.1 Å². The highest BCUT2D eigenvalue weighted by atomic mass is 19.1. The average Bonchev–Trinajstić information content (AvgIpc) is 3.26. The summed E-state index contributed by atoms with van der Waals surface area (Å²) in [5.41, 5.74) is 2.39. The maximum absolute atomic E-state index is 14.3. The first-order valence-electron chi connectivity index (χ1n) is 8.66. The summed E-state index contributed by atoms with van der Waals surface area (Å²) in [7, 11) is 1.83. The Morgan fingerprint density at radius 1 is 1.15 bits per heavy atom. The lowest BCUT2D eigenvalue weighted by molar-refractivity contribution is -0.0574. The molecule has 134 valence electrons. The Labute approximate surface area is 151 Å². The van der Waals surface area contributed by atoms with E-state index in [0.29, 0.717) is 18.0 Å². The molecule has 0 saturated carbocycles. The van der Waals surface area contributed by atoms with Crippen LogP contribution >= 0.6 is 0 Å². The van der Waals surface area contributed by atoms with Crippen molar-refractivity contribution >= 4 is 5.90 Å². The van der Waals surface area contributed by atoms with Gasteiger partial charge < -0.3 is 4.84 Å². The van der Waals surface area contributed by atoms with E-state index in [1.165, 1.54) is 6.08 Å². The summed E-state index contributed by atoms with van der Waals surface area (Å²) in [6.07, 6.45) is 6.11. The van der Waals surface area contributed by atoms with Crippen LogP contribution in [0.2, 0.25) is 0 Å². The van der Waals surface area contributed by atoms with E-state index in [-0.39, 0.29) is 6.17 Å². The van der Waals surface area contributed by atoms with Crippen LogP contribution in [0.1, 0.15) is 36.1 Å². The standard InChI is InChI=1S/C19H20FN5O/c1-3-15-17(22-23-25(15)16-12-8-7-11-14(16)20)19-21-18(24(2)26-19)13-9-5-4-6-10-13/h4-12,14,16,18H,3H2,1-2H3. The largest absolute Gasteiger partial charge is 0.381 e. The van der Waals surface area contributed by atoms with Gasteiger partial charge in [0.15, 0.2) is 11.9 Å². The Morgan fingerprint density at radius 3 is 2.65 bits per heavy atom.